The number of benzene rings is 1. The second kappa shape index (κ2) is 5.94. The third-order valence-electron chi connectivity index (χ3n) is 2.35. The maximum Gasteiger partial charge on any atom is 0.322 e. The predicted molar refractivity (Wildman–Crippen MR) is 61.7 cm³/mol. The first-order valence-electron chi connectivity index (χ1n) is 5.27. The topological polar surface area (TPSA) is 60.4 Å². The van der Waals surface area contributed by atoms with E-state index in [9.17, 15) is 14.4 Å². The minimum absolute atomic E-state index is 0.139. The Kier molecular flexibility index (Phi) is 4.57. The zero-order valence-electron chi connectivity index (χ0n) is 9.80. The minimum atomic E-state index is -1.01. The average Bonchev–Trinajstić information content (AvgIpc) is 2.28. The number of carbonyl (C=O) groups is 3. The van der Waals surface area contributed by atoms with E-state index < -0.39 is 11.9 Å². The van der Waals surface area contributed by atoms with Gasteiger partial charge in [0.15, 0.2) is 0 Å². The summed E-state index contributed by atoms with van der Waals surface area (Å²) in [7, 11) is 0. The number of Topliss-reactive ketones (excluding diaryl/α,β-unsaturated/α-hetero) is 1. The molecule has 0 aliphatic carbocycles. The fourth-order valence-electron chi connectivity index (χ4n) is 1.32. The summed E-state index contributed by atoms with van der Waals surface area (Å²) >= 11 is 0. The summed E-state index contributed by atoms with van der Waals surface area (Å²) in [6.07, 6.45) is 0.405. The van der Waals surface area contributed by atoms with Gasteiger partial charge in [-0.3, -0.25) is 9.59 Å². The summed E-state index contributed by atoms with van der Waals surface area (Å²) in [5.41, 5.74) is 1.04. The molecule has 1 aromatic carbocycles. The molecule has 0 aliphatic heterocycles. The molecule has 0 heterocycles. The molecule has 0 radical (unpaired) electrons. The van der Waals surface area contributed by atoms with Crippen LogP contribution in [0.1, 0.15) is 18.9 Å². The summed E-state index contributed by atoms with van der Waals surface area (Å²) < 4.78 is 5.03. The highest BCUT2D eigenvalue weighted by Crippen LogP contribution is 2.14. The largest absolute Gasteiger partial charge is 0.426 e. The van der Waals surface area contributed by atoms with Crippen molar-refractivity contribution in [2.24, 2.45) is 5.92 Å². The minimum Gasteiger partial charge on any atom is -0.426 e. The Morgan fingerprint density at radius 3 is 2.35 bits per heavy atom. The maximum absolute atomic E-state index is 11.6. The highest BCUT2D eigenvalue weighted by atomic mass is 16.5. The molecule has 1 aromatic rings. The highest BCUT2D eigenvalue weighted by Gasteiger charge is 2.24. The van der Waals surface area contributed by atoms with Gasteiger partial charge in [0.05, 0.1) is 0 Å². The molecule has 0 saturated heterocycles. The fourth-order valence-corrected chi connectivity index (χ4v) is 1.32. The van der Waals surface area contributed by atoms with E-state index in [0.29, 0.717) is 12.0 Å². The van der Waals surface area contributed by atoms with Crippen LogP contribution >= 0.6 is 0 Å². The Morgan fingerprint density at radius 1 is 1.29 bits per heavy atom. The van der Waals surface area contributed by atoms with E-state index in [4.69, 9.17) is 4.74 Å². The number of aryl methyl sites for hydroxylation is 1. The van der Waals surface area contributed by atoms with E-state index in [1.165, 1.54) is 6.92 Å². The molecule has 0 bridgehead atoms. The number of aldehydes is 1. The van der Waals surface area contributed by atoms with E-state index >= 15 is 0 Å². The zero-order valence-corrected chi connectivity index (χ0v) is 9.80. The van der Waals surface area contributed by atoms with Gasteiger partial charge in [-0.15, -0.1) is 0 Å². The Hall–Kier alpha value is -1.97. The van der Waals surface area contributed by atoms with Crippen LogP contribution in [-0.4, -0.2) is 18.0 Å². The van der Waals surface area contributed by atoms with E-state index in [1.807, 2.05) is 6.92 Å². The quantitative estimate of drug-likeness (QED) is 0.336. The number of ether oxygens (including phenoxy) is 1. The second-order valence-corrected chi connectivity index (χ2v) is 3.80. The van der Waals surface area contributed by atoms with Gasteiger partial charge in [0, 0.05) is 6.42 Å². The molecule has 0 N–H and O–H groups in total. The van der Waals surface area contributed by atoms with Gasteiger partial charge in [0.1, 0.15) is 23.7 Å². The third-order valence-corrected chi connectivity index (χ3v) is 2.35. The number of carbonyl (C=O) groups excluding carboxylic acids is 3. The van der Waals surface area contributed by atoms with Crippen molar-refractivity contribution in [3.63, 3.8) is 0 Å². The normalized spacial score (nSPS) is 11.6. The molecule has 0 amide bonds. The molecule has 4 heteroatoms. The summed E-state index contributed by atoms with van der Waals surface area (Å²) in [5, 5.41) is 0. The number of rotatable bonds is 5. The van der Waals surface area contributed by atoms with Crippen molar-refractivity contribution in [2.75, 3.05) is 0 Å². The molecule has 0 spiro atoms. The number of esters is 1. The van der Waals surface area contributed by atoms with Crippen molar-refractivity contribution in [2.45, 2.75) is 20.3 Å². The third kappa shape index (κ3) is 3.83. The molecule has 0 fully saturated rings. The molecule has 90 valence electrons. The summed E-state index contributed by atoms with van der Waals surface area (Å²) in [6, 6.07) is 6.88. The molecule has 4 nitrogen and oxygen atoms in total. The lowest BCUT2D eigenvalue weighted by Crippen LogP contribution is -2.26. The lowest BCUT2D eigenvalue weighted by Gasteiger charge is -2.10. The smallest absolute Gasteiger partial charge is 0.322 e. The predicted octanol–water partition coefficient (Wildman–Crippen LogP) is 1.69. The van der Waals surface area contributed by atoms with Crippen molar-refractivity contribution < 1.29 is 19.1 Å². The highest BCUT2D eigenvalue weighted by molar-refractivity contribution is 6.00. The first kappa shape index (κ1) is 13.1. The molecule has 1 atom stereocenters. The number of ketones is 1. The van der Waals surface area contributed by atoms with Gasteiger partial charge in [0.25, 0.3) is 0 Å². The monoisotopic (exact) mass is 234 g/mol. The average molecular weight is 234 g/mol. The van der Waals surface area contributed by atoms with Crippen LogP contribution < -0.4 is 4.74 Å². The lowest BCUT2D eigenvalue weighted by atomic mass is 10.0. The van der Waals surface area contributed by atoms with Crippen LogP contribution in [0.4, 0.5) is 0 Å². The zero-order chi connectivity index (χ0) is 12.8. The molecule has 0 saturated carbocycles. The molecule has 17 heavy (non-hydrogen) atoms. The maximum atomic E-state index is 11.6. The lowest BCUT2D eigenvalue weighted by molar-refractivity contribution is -0.144. The Labute approximate surface area is 99.6 Å². The van der Waals surface area contributed by atoms with Crippen molar-refractivity contribution in [3.05, 3.63) is 29.8 Å². The standard InChI is InChI=1S/C13H14O4/c1-9-3-5-11(6-4-9)17-13(16)12(7-8-14)10(2)15/h3-6,8,12H,7H2,1-2H3. The van der Waals surface area contributed by atoms with Crippen molar-refractivity contribution >= 4 is 18.0 Å². The molecular formula is C13H14O4. The first-order chi connectivity index (χ1) is 8.04. The van der Waals surface area contributed by atoms with Crippen LogP contribution in [-0.2, 0) is 14.4 Å². The van der Waals surface area contributed by atoms with Crippen LogP contribution in [0, 0.1) is 12.8 Å². The Balaban J connectivity index is 2.72. The van der Waals surface area contributed by atoms with Crippen LogP contribution in [0.2, 0.25) is 0 Å². The van der Waals surface area contributed by atoms with Gasteiger partial charge in [-0.05, 0) is 26.0 Å². The van der Waals surface area contributed by atoms with Crippen molar-refractivity contribution in [1.82, 2.24) is 0 Å². The molecule has 1 rings (SSSR count). The van der Waals surface area contributed by atoms with E-state index in [1.54, 1.807) is 24.3 Å². The van der Waals surface area contributed by atoms with Crippen LogP contribution in [0.5, 0.6) is 5.75 Å². The SMILES string of the molecule is CC(=O)C(CC=O)C(=O)Oc1ccc(C)cc1. The van der Waals surface area contributed by atoms with Gasteiger partial charge in [-0.25, -0.2) is 0 Å². The van der Waals surface area contributed by atoms with E-state index in [-0.39, 0.29) is 12.2 Å². The molecule has 0 aromatic heterocycles. The second-order valence-electron chi connectivity index (χ2n) is 3.80. The van der Waals surface area contributed by atoms with Crippen LogP contribution in [0.3, 0.4) is 0 Å². The van der Waals surface area contributed by atoms with Crippen LogP contribution in [0.25, 0.3) is 0 Å². The Bertz CT molecular complexity index is 420. The van der Waals surface area contributed by atoms with Crippen LogP contribution in [0.15, 0.2) is 24.3 Å². The summed E-state index contributed by atoms with van der Waals surface area (Å²) in [5.74, 6) is -1.69. The summed E-state index contributed by atoms with van der Waals surface area (Å²) in [6.45, 7) is 3.18. The van der Waals surface area contributed by atoms with Gasteiger partial charge in [-0.2, -0.15) is 0 Å². The van der Waals surface area contributed by atoms with Gasteiger partial charge >= 0.3 is 5.97 Å². The molecular weight excluding hydrogens is 220 g/mol. The van der Waals surface area contributed by atoms with Gasteiger partial charge in [0.2, 0.25) is 0 Å². The van der Waals surface area contributed by atoms with Gasteiger partial charge < -0.3 is 9.53 Å². The Morgan fingerprint density at radius 2 is 1.88 bits per heavy atom. The molecule has 1 unspecified atom stereocenters. The summed E-state index contributed by atoms with van der Waals surface area (Å²) in [4.78, 5) is 33.1. The van der Waals surface area contributed by atoms with E-state index in [0.717, 1.165) is 5.56 Å². The van der Waals surface area contributed by atoms with Crippen molar-refractivity contribution in [3.8, 4) is 5.75 Å². The van der Waals surface area contributed by atoms with Gasteiger partial charge in [-0.1, -0.05) is 17.7 Å². The van der Waals surface area contributed by atoms with Crippen molar-refractivity contribution in [1.29, 1.82) is 0 Å². The first-order valence-corrected chi connectivity index (χ1v) is 5.27. The molecule has 0 aliphatic rings. The number of hydrogen-bond acceptors (Lipinski definition) is 4. The number of hydrogen-bond donors (Lipinski definition) is 0. The fraction of sp³-hybridized carbons (Fsp3) is 0.308. The van der Waals surface area contributed by atoms with E-state index in [2.05, 4.69) is 0 Å².